The molecule has 4 aromatic rings. The number of carbonyl (C=O) groups excluding carboxylic acids is 1. The van der Waals surface area contributed by atoms with Gasteiger partial charge in [-0.25, -0.2) is 13.8 Å². The predicted molar refractivity (Wildman–Crippen MR) is 166 cm³/mol. The second-order valence-corrected chi connectivity index (χ2v) is 11.8. The molecule has 10 heteroatoms. The van der Waals surface area contributed by atoms with Crippen LogP contribution in [0.2, 0.25) is 5.02 Å². The molecule has 0 spiro atoms. The summed E-state index contributed by atoms with van der Waals surface area (Å²) in [5, 5.41) is 4.68. The van der Waals surface area contributed by atoms with Gasteiger partial charge in [-0.2, -0.15) is 5.10 Å². The lowest BCUT2D eigenvalue weighted by atomic mass is 10.2. The molecule has 0 saturated carbocycles. The molecule has 1 amide bonds. The molecule has 4 aromatic carbocycles. The van der Waals surface area contributed by atoms with Crippen molar-refractivity contribution in [2.75, 3.05) is 17.5 Å². The number of nitrogens with one attached hydrogen (secondary N) is 1. The van der Waals surface area contributed by atoms with Crippen LogP contribution in [0.3, 0.4) is 0 Å². The molecule has 4 rings (SSSR count). The molecule has 0 aliphatic rings. The first-order valence-corrected chi connectivity index (χ1v) is 15.1. The van der Waals surface area contributed by atoms with Gasteiger partial charge in [0.1, 0.15) is 13.2 Å². The topological polar surface area (TPSA) is 97.3 Å². The van der Waals surface area contributed by atoms with E-state index >= 15 is 0 Å². The molecule has 0 fully saturated rings. The van der Waals surface area contributed by atoms with Crippen LogP contribution in [-0.4, -0.2) is 33.7 Å². The van der Waals surface area contributed by atoms with Gasteiger partial charge >= 0.3 is 0 Å². The minimum absolute atomic E-state index is 0.0898. The number of nitrogens with zero attached hydrogens (tertiary/aromatic N) is 2. The average Bonchev–Trinajstić information content (AvgIpc) is 2.96. The lowest BCUT2D eigenvalue weighted by Gasteiger charge is -2.24. The highest BCUT2D eigenvalue weighted by Gasteiger charge is 2.27. The summed E-state index contributed by atoms with van der Waals surface area (Å²) >= 11 is 6.06. The average molecular weight is 606 g/mol. The molecule has 0 aromatic heterocycles. The Balaban J connectivity index is 1.47. The lowest BCUT2D eigenvalue weighted by molar-refractivity contribution is -0.119. The Labute approximate surface area is 251 Å². The Morgan fingerprint density at radius 3 is 2.38 bits per heavy atom. The predicted octanol–water partition coefficient (Wildman–Crippen LogP) is 6.28. The van der Waals surface area contributed by atoms with Crippen LogP contribution in [-0.2, 0) is 21.4 Å². The van der Waals surface area contributed by atoms with E-state index in [2.05, 4.69) is 10.5 Å². The zero-order valence-electron chi connectivity index (χ0n) is 23.6. The second-order valence-electron chi connectivity index (χ2n) is 9.51. The first kappa shape index (κ1) is 30.6. The largest absolute Gasteiger partial charge is 0.490 e. The second kappa shape index (κ2) is 14.0. The maximum atomic E-state index is 13.6. The van der Waals surface area contributed by atoms with Crippen LogP contribution in [0.5, 0.6) is 11.5 Å². The summed E-state index contributed by atoms with van der Waals surface area (Å²) in [6, 6.07) is 26.1. The Kier molecular flexibility index (Phi) is 10.2. The SMILES string of the molecule is CCOc1cc(/C=N/NC(=O)CN(c2cccc(C)c2)S(=O)(=O)c2ccc(C)cc2)ccc1OCc1cccc(Cl)c1. The van der Waals surface area contributed by atoms with Gasteiger partial charge in [-0.3, -0.25) is 9.10 Å². The fraction of sp³-hybridized carbons (Fsp3) is 0.188. The Morgan fingerprint density at radius 1 is 0.905 bits per heavy atom. The highest BCUT2D eigenvalue weighted by Crippen LogP contribution is 2.29. The molecule has 0 unspecified atom stereocenters. The van der Waals surface area contributed by atoms with E-state index in [-0.39, 0.29) is 4.90 Å². The highest BCUT2D eigenvalue weighted by molar-refractivity contribution is 7.92. The minimum atomic E-state index is -4.02. The van der Waals surface area contributed by atoms with Crippen LogP contribution in [0, 0.1) is 13.8 Å². The van der Waals surface area contributed by atoms with E-state index in [1.165, 1.54) is 18.3 Å². The molecule has 0 saturated heterocycles. The molecule has 1 N–H and O–H groups in total. The summed E-state index contributed by atoms with van der Waals surface area (Å²) in [7, 11) is -4.02. The smallest absolute Gasteiger partial charge is 0.264 e. The van der Waals surface area contributed by atoms with Crippen LogP contribution in [0.1, 0.15) is 29.2 Å². The van der Waals surface area contributed by atoms with Gasteiger partial charge in [-0.15, -0.1) is 0 Å². The standard InChI is InChI=1S/C32H32ClN3O5S/c1-4-40-31-19-25(13-16-30(31)41-22-26-8-6-9-27(33)18-26)20-34-35-32(37)21-36(28-10-5-7-24(3)17-28)42(38,39)29-14-11-23(2)12-15-29/h5-20H,4,21-22H2,1-3H3,(H,35,37)/b34-20+. The molecule has 0 bridgehead atoms. The summed E-state index contributed by atoms with van der Waals surface area (Å²) in [6.07, 6.45) is 1.45. The monoisotopic (exact) mass is 605 g/mol. The third-order valence-corrected chi connectivity index (χ3v) is 8.16. The van der Waals surface area contributed by atoms with E-state index in [1.54, 1.807) is 54.6 Å². The zero-order chi connectivity index (χ0) is 30.1. The van der Waals surface area contributed by atoms with Gasteiger partial charge in [0.15, 0.2) is 11.5 Å². The van der Waals surface area contributed by atoms with Crippen LogP contribution in [0.4, 0.5) is 5.69 Å². The van der Waals surface area contributed by atoms with Crippen LogP contribution < -0.4 is 19.2 Å². The van der Waals surface area contributed by atoms with Gasteiger partial charge < -0.3 is 9.47 Å². The maximum Gasteiger partial charge on any atom is 0.264 e. The molecule has 8 nitrogen and oxygen atoms in total. The van der Waals surface area contributed by atoms with Crippen LogP contribution in [0.15, 0.2) is 101 Å². The maximum absolute atomic E-state index is 13.6. The molecule has 0 aliphatic carbocycles. The third-order valence-electron chi connectivity index (χ3n) is 6.14. The van der Waals surface area contributed by atoms with Crippen molar-refractivity contribution in [1.82, 2.24) is 5.43 Å². The van der Waals surface area contributed by atoms with Gasteiger partial charge in [0, 0.05) is 5.02 Å². The summed E-state index contributed by atoms with van der Waals surface area (Å²) in [4.78, 5) is 13.0. The summed E-state index contributed by atoms with van der Waals surface area (Å²) < 4.78 is 39.9. The van der Waals surface area contributed by atoms with Crippen molar-refractivity contribution < 1.29 is 22.7 Å². The number of carbonyl (C=O) groups is 1. The summed E-state index contributed by atoms with van der Waals surface area (Å²) in [5.41, 5.74) is 6.17. The molecule has 0 radical (unpaired) electrons. The van der Waals surface area contributed by atoms with Gasteiger partial charge in [-0.1, -0.05) is 53.6 Å². The zero-order valence-corrected chi connectivity index (χ0v) is 25.2. The number of benzene rings is 4. The van der Waals surface area contributed by atoms with E-state index in [0.717, 1.165) is 21.0 Å². The van der Waals surface area contributed by atoms with E-state index < -0.39 is 22.5 Å². The Hall–Kier alpha value is -4.34. The molecule has 0 heterocycles. The molecular weight excluding hydrogens is 574 g/mol. The number of amides is 1. The van der Waals surface area contributed by atoms with Gasteiger partial charge in [0.2, 0.25) is 0 Å². The number of hydrogen-bond acceptors (Lipinski definition) is 6. The quantitative estimate of drug-likeness (QED) is 0.151. The number of anilines is 1. The normalized spacial score (nSPS) is 11.3. The number of hydrogen-bond donors (Lipinski definition) is 1. The summed E-state index contributed by atoms with van der Waals surface area (Å²) in [6.45, 7) is 5.87. The van der Waals surface area contributed by atoms with Crippen LogP contribution >= 0.6 is 11.6 Å². The fourth-order valence-electron chi connectivity index (χ4n) is 4.06. The molecule has 0 aliphatic heterocycles. The van der Waals surface area contributed by atoms with Crippen molar-refractivity contribution in [3.05, 3.63) is 118 Å². The van der Waals surface area contributed by atoms with Crippen molar-refractivity contribution in [2.24, 2.45) is 5.10 Å². The van der Waals surface area contributed by atoms with E-state index in [1.807, 2.05) is 45.0 Å². The summed E-state index contributed by atoms with van der Waals surface area (Å²) in [5.74, 6) is 0.465. The van der Waals surface area contributed by atoms with Crippen molar-refractivity contribution >= 4 is 39.4 Å². The highest BCUT2D eigenvalue weighted by atomic mass is 35.5. The van der Waals surface area contributed by atoms with Gasteiger partial charge in [-0.05, 0) is 92.1 Å². The number of rotatable bonds is 12. The number of sulfonamides is 1. The first-order chi connectivity index (χ1) is 20.2. The molecule has 218 valence electrons. The van der Waals surface area contributed by atoms with Crippen molar-refractivity contribution in [1.29, 1.82) is 0 Å². The number of halogens is 1. The lowest BCUT2D eigenvalue weighted by Crippen LogP contribution is -2.39. The minimum Gasteiger partial charge on any atom is -0.490 e. The van der Waals surface area contributed by atoms with Crippen LogP contribution in [0.25, 0.3) is 0 Å². The molecule has 42 heavy (non-hydrogen) atoms. The van der Waals surface area contributed by atoms with E-state index in [0.29, 0.717) is 41.0 Å². The Morgan fingerprint density at radius 2 is 1.67 bits per heavy atom. The van der Waals surface area contributed by atoms with Crippen molar-refractivity contribution in [2.45, 2.75) is 32.3 Å². The van der Waals surface area contributed by atoms with Gasteiger partial charge in [0.25, 0.3) is 15.9 Å². The van der Waals surface area contributed by atoms with Crippen molar-refractivity contribution in [3.8, 4) is 11.5 Å². The molecule has 0 atom stereocenters. The molecular formula is C32H32ClN3O5S. The number of hydrazone groups is 1. The van der Waals surface area contributed by atoms with Gasteiger partial charge in [0.05, 0.1) is 23.4 Å². The fourth-order valence-corrected chi connectivity index (χ4v) is 5.69. The van der Waals surface area contributed by atoms with E-state index in [9.17, 15) is 13.2 Å². The Bertz CT molecular complexity index is 1670. The van der Waals surface area contributed by atoms with E-state index in [4.69, 9.17) is 21.1 Å². The first-order valence-electron chi connectivity index (χ1n) is 13.3. The number of ether oxygens (including phenoxy) is 2. The third kappa shape index (κ3) is 8.11. The van der Waals surface area contributed by atoms with Crippen molar-refractivity contribution in [3.63, 3.8) is 0 Å². The number of aryl methyl sites for hydroxylation is 2.